The van der Waals surface area contributed by atoms with Gasteiger partial charge in [-0.05, 0) is 57.9 Å². The summed E-state index contributed by atoms with van der Waals surface area (Å²) >= 11 is 6.15. The molecule has 1 aliphatic rings. The summed E-state index contributed by atoms with van der Waals surface area (Å²) in [5.41, 5.74) is 2.62. The molecule has 0 spiro atoms. The van der Waals surface area contributed by atoms with E-state index in [1.165, 1.54) is 0 Å². The summed E-state index contributed by atoms with van der Waals surface area (Å²) in [5.74, 6) is -0.431. The number of likely N-dealkylation sites (tertiary alicyclic amines) is 1. The van der Waals surface area contributed by atoms with Crippen LogP contribution >= 0.6 is 11.6 Å². The van der Waals surface area contributed by atoms with Crippen molar-refractivity contribution in [3.63, 3.8) is 0 Å². The van der Waals surface area contributed by atoms with Crippen molar-refractivity contribution in [2.45, 2.75) is 39.7 Å². The van der Waals surface area contributed by atoms with E-state index in [1.54, 1.807) is 42.3 Å². The van der Waals surface area contributed by atoms with Crippen molar-refractivity contribution in [2.24, 2.45) is 0 Å². The maximum Gasteiger partial charge on any atom is 0.257 e. The van der Waals surface area contributed by atoms with Crippen molar-refractivity contribution in [3.8, 4) is 0 Å². The second-order valence-electron chi connectivity index (χ2n) is 7.86. The molecule has 1 N–H and O–H groups in total. The standard InChI is InChI=1S/C22H24ClN5O2/c1-13(2)28-20-15(12-24-28)10-18(14(3)25-20)21(29)26-19-11-16(23)6-7-17(19)22(30)27-8-4-5-9-27/h6-7,10-13H,4-5,8-9H2,1-3H3,(H,26,29). The average molecular weight is 426 g/mol. The molecule has 0 radical (unpaired) electrons. The molecule has 1 fully saturated rings. The van der Waals surface area contributed by atoms with Gasteiger partial charge in [0.15, 0.2) is 5.65 Å². The summed E-state index contributed by atoms with van der Waals surface area (Å²) in [7, 11) is 0. The molecule has 0 saturated carbocycles. The van der Waals surface area contributed by atoms with E-state index in [-0.39, 0.29) is 17.9 Å². The van der Waals surface area contributed by atoms with Gasteiger partial charge in [-0.25, -0.2) is 9.67 Å². The van der Waals surface area contributed by atoms with E-state index in [4.69, 9.17) is 11.6 Å². The summed E-state index contributed by atoms with van der Waals surface area (Å²) in [6.45, 7) is 7.31. The molecule has 2 aromatic heterocycles. The molecule has 0 atom stereocenters. The van der Waals surface area contributed by atoms with Gasteiger partial charge in [0.1, 0.15) is 0 Å². The average Bonchev–Trinajstić information content (AvgIpc) is 3.36. The lowest BCUT2D eigenvalue weighted by Crippen LogP contribution is -2.29. The number of anilines is 1. The van der Waals surface area contributed by atoms with Crippen LogP contribution in [-0.4, -0.2) is 44.6 Å². The Balaban J connectivity index is 1.66. The third-order valence-electron chi connectivity index (χ3n) is 5.35. The number of nitrogens with one attached hydrogen (secondary N) is 1. The first-order valence-electron chi connectivity index (χ1n) is 10.1. The minimum Gasteiger partial charge on any atom is -0.339 e. The third kappa shape index (κ3) is 3.77. The number of halogens is 1. The van der Waals surface area contributed by atoms with E-state index in [1.807, 2.05) is 18.5 Å². The van der Waals surface area contributed by atoms with Gasteiger partial charge in [0, 0.05) is 29.5 Å². The normalized spacial score (nSPS) is 14.0. The number of amides is 2. The molecular formula is C22H24ClN5O2. The van der Waals surface area contributed by atoms with Crippen LogP contribution in [-0.2, 0) is 0 Å². The summed E-state index contributed by atoms with van der Waals surface area (Å²) in [4.78, 5) is 32.4. The first-order chi connectivity index (χ1) is 14.3. The fraction of sp³-hybridized carbons (Fsp3) is 0.364. The predicted octanol–water partition coefficient (Wildman–Crippen LogP) is 4.46. The molecule has 1 aliphatic heterocycles. The van der Waals surface area contributed by atoms with Crippen molar-refractivity contribution in [3.05, 3.63) is 52.3 Å². The zero-order chi connectivity index (χ0) is 21.4. The Bertz CT molecular complexity index is 1130. The largest absolute Gasteiger partial charge is 0.339 e. The molecule has 3 heterocycles. The molecule has 0 unspecified atom stereocenters. The minimum atomic E-state index is -0.336. The summed E-state index contributed by atoms with van der Waals surface area (Å²) in [6, 6.07) is 6.89. The molecule has 30 heavy (non-hydrogen) atoms. The highest BCUT2D eigenvalue weighted by molar-refractivity contribution is 6.31. The molecule has 4 rings (SSSR count). The molecular weight excluding hydrogens is 402 g/mol. The molecule has 156 valence electrons. The number of aryl methyl sites for hydroxylation is 1. The van der Waals surface area contributed by atoms with Crippen molar-refractivity contribution >= 4 is 40.1 Å². The number of pyridine rings is 1. The second-order valence-corrected chi connectivity index (χ2v) is 8.30. The SMILES string of the molecule is Cc1nc2c(cnn2C(C)C)cc1C(=O)Nc1cc(Cl)ccc1C(=O)N1CCCC1. The lowest BCUT2D eigenvalue weighted by molar-refractivity contribution is 0.0794. The van der Waals surface area contributed by atoms with Crippen LogP contribution in [0.15, 0.2) is 30.5 Å². The van der Waals surface area contributed by atoms with Gasteiger partial charge in [0.25, 0.3) is 11.8 Å². The van der Waals surface area contributed by atoms with Gasteiger partial charge in [0.2, 0.25) is 0 Å². The Kier molecular flexibility index (Phi) is 5.47. The van der Waals surface area contributed by atoms with Gasteiger partial charge in [-0.15, -0.1) is 0 Å². The monoisotopic (exact) mass is 425 g/mol. The summed E-state index contributed by atoms with van der Waals surface area (Å²) < 4.78 is 1.83. The Morgan fingerprint density at radius 1 is 1.13 bits per heavy atom. The van der Waals surface area contributed by atoms with E-state index in [0.717, 1.165) is 37.0 Å². The maximum atomic E-state index is 13.1. The van der Waals surface area contributed by atoms with Gasteiger partial charge in [-0.2, -0.15) is 5.10 Å². The van der Waals surface area contributed by atoms with Crippen LogP contribution in [0.1, 0.15) is 59.1 Å². The molecule has 0 bridgehead atoms. The molecule has 1 aromatic carbocycles. The van der Waals surface area contributed by atoms with Crippen molar-refractivity contribution in [1.29, 1.82) is 0 Å². The first kappa shape index (κ1) is 20.3. The number of carbonyl (C=O) groups excluding carboxylic acids is 2. The quantitative estimate of drug-likeness (QED) is 0.669. The lowest BCUT2D eigenvalue weighted by Gasteiger charge is -2.18. The summed E-state index contributed by atoms with van der Waals surface area (Å²) in [6.07, 6.45) is 3.70. The molecule has 3 aromatic rings. The van der Waals surface area contributed by atoms with Crippen LogP contribution in [0.2, 0.25) is 5.02 Å². The minimum absolute atomic E-state index is 0.0945. The van der Waals surface area contributed by atoms with E-state index >= 15 is 0 Å². The predicted molar refractivity (Wildman–Crippen MR) is 117 cm³/mol. The third-order valence-corrected chi connectivity index (χ3v) is 5.58. The van der Waals surface area contributed by atoms with Gasteiger partial charge in [-0.3, -0.25) is 9.59 Å². The Morgan fingerprint density at radius 2 is 1.87 bits per heavy atom. The second kappa shape index (κ2) is 8.07. The van der Waals surface area contributed by atoms with E-state index in [2.05, 4.69) is 15.4 Å². The molecule has 2 amide bonds. The Morgan fingerprint density at radius 3 is 2.57 bits per heavy atom. The topological polar surface area (TPSA) is 80.1 Å². The summed E-state index contributed by atoms with van der Waals surface area (Å²) in [5, 5.41) is 8.48. The highest BCUT2D eigenvalue weighted by Gasteiger charge is 2.23. The molecule has 8 heteroatoms. The number of rotatable bonds is 4. The van der Waals surface area contributed by atoms with Crippen LogP contribution in [0.3, 0.4) is 0 Å². The van der Waals surface area contributed by atoms with Gasteiger partial charge < -0.3 is 10.2 Å². The number of fused-ring (bicyclic) bond motifs is 1. The number of nitrogens with zero attached hydrogens (tertiary/aromatic N) is 4. The lowest BCUT2D eigenvalue weighted by atomic mass is 10.1. The van der Waals surface area contributed by atoms with Gasteiger partial charge >= 0.3 is 0 Å². The number of hydrogen-bond acceptors (Lipinski definition) is 4. The highest BCUT2D eigenvalue weighted by atomic mass is 35.5. The zero-order valence-corrected chi connectivity index (χ0v) is 18.0. The fourth-order valence-electron chi connectivity index (χ4n) is 3.76. The fourth-order valence-corrected chi connectivity index (χ4v) is 3.93. The maximum absolute atomic E-state index is 13.1. The van der Waals surface area contributed by atoms with Crippen LogP contribution in [0.25, 0.3) is 11.0 Å². The number of carbonyl (C=O) groups is 2. The van der Waals surface area contributed by atoms with Crippen LogP contribution in [0, 0.1) is 6.92 Å². The number of hydrogen-bond donors (Lipinski definition) is 1. The van der Waals surface area contributed by atoms with Gasteiger partial charge in [-0.1, -0.05) is 11.6 Å². The van der Waals surface area contributed by atoms with Crippen LogP contribution in [0.5, 0.6) is 0 Å². The van der Waals surface area contributed by atoms with Crippen molar-refractivity contribution < 1.29 is 9.59 Å². The van der Waals surface area contributed by atoms with E-state index in [9.17, 15) is 9.59 Å². The van der Waals surface area contributed by atoms with Crippen molar-refractivity contribution in [2.75, 3.05) is 18.4 Å². The van der Waals surface area contributed by atoms with Crippen LogP contribution < -0.4 is 5.32 Å². The first-order valence-corrected chi connectivity index (χ1v) is 10.5. The molecule has 0 aliphatic carbocycles. The van der Waals surface area contributed by atoms with Crippen LogP contribution in [0.4, 0.5) is 5.69 Å². The van der Waals surface area contributed by atoms with E-state index < -0.39 is 0 Å². The smallest absolute Gasteiger partial charge is 0.257 e. The Hall–Kier alpha value is -2.93. The Labute approximate surface area is 180 Å². The van der Waals surface area contributed by atoms with E-state index in [0.29, 0.717) is 27.5 Å². The van der Waals surface area contributed by atoms with Gasteiger partial charge in [0.05, 0.1) is 28.7 Å². The number of aromatic nitrogens is 3. The van der Waals surface area contributed by atoms with Crippen molar-refractivity contribution in [1.82, 2.24) is 19.7 Å². The zero-order valence-electron chi connectivity index (χ0n) is 17.3. The number of benzene rings is 1. The highest BCUT2D eigenvalue weighted by Crippen LogP contribution is 2.26. The molecule has 1 saturated heterocycles. The molecule has 7 nitrogen and oxygen atoms in total.